The van der Waals surface area contributed by atoms with Gasteiger partial charge in [-0.15, -0.1) is 0 Å². The molecule has 5 heteroatoms. The van der Waals surface area contributed by atoms with E-state index >= 15 is 0 Å². The van der Waals surface area contributed by atoms with Crippen LogP contribution in [0.3, 0.4) is 0 Å². The summed E-state index contributed by atoms with van der Waals surface area (Å²) in [6, 6.07) is -0.685. The maximum atomic E-state index is 12.2. The van der Waals surface area contributed by atoms with E-state index in [2.05, 4.69) is 18.8 Å². The normalized spacial score (nSPS) is 11.9. The number of ether oxygens (including phenoxy) is 2. The van der Waals surface area contributed by atoms with E-state index < -0.39 is 18.1 Å². The molecule has 0 saturated heterocycles. The van der Waals surface area contributed by atoms with Gasteiger partial charge >= 0.3 is 12.1 Å². The second kappa shape index (κ2) is 17.9. The highest BCUT2D eigenvalue weighted by molar-refractivity contribution is 5.81. The van der Waals surface area contributed by atoms with Crippen molar-refractivity contribution in [3.63, 3.8) is 0 Å². The number of hydrogen-bond donors (Lipinski definition) is 1. The lowest BCUT2D eigenvalue weighted by Crippen LogP contribution is -2.45. The van der Waals surface area contributed by atoms with Crippen molar-refractivity contribution in [2.45, 2.75) is 97.4 Å². The van der Waals surface area contributed by atoms with Gasteiger partial charge in [0, 0.05) is 0 Å². The van der Waals surface area contributed by atoms with Crippen LogP contribution in [-0.4, -0.2) is 31.3 Å². The van der Waals surface area contributed by atoms with Gasteiger partial charge in [0.05, 0.1) is 6.61 Å². The van der Waals surface area contributed by atoms with Crippen LogP contribution < -0.4 is 5.32 Å². The molecular weight excluding hydrogens is 342 g/mol. The lowest BCUT2D eigenvalue weighted by Gasteiger charge is -2.20. The summed E-state index contributed by atoms with van der Waals surface area (Å²) in [6.07, 6.45) is 14.7. The van der Waals surface area contributed by atoms with Crippen LogP contribution in [-0.2, 0) is 14.3 Å². The van der Waals surface area contributed by atoms with Gasteiger partial charge in [-0.25, -0.2) is 9.59 Å². The van der Waals surface area contributed by atoms with Gasteiger partial charge in [0.2, 0.25) is 0 Å². The zero-order valence-electron chi connectivity index (χ0n) is 17.8. The highest BCUT2D eigenvalue weighted by Crippen LogP contribution is 2.11. The Morgan fingerprint density at radius 2 is 1.41 bits per heavy atom. The Morgan fingerprint density at radius 3 is 1.89 bits per heavy atom. The van der Waals surface area contributed by atoms with E-state index in [1.54, 1.807) is 0 Å². The van der Waals surface area contributed by atoms with Crippen LogP contribution in [0.5, 0.6) is 0 Å². The molecule has 1 atom stereocenters. The highest BCUT2D eigenvalue weighted by atomic mass is 16.6. The number of nitrogens with one attached hydrogen (secondary N) is 1. The fraction of sp³-hybridized carbons (Fsp3) is 0.818. The van der Waals surface area contributed by atoms with Crippen LogP contribution >= 0.6 is 0 Å². The maximum Gasteiger partial charge on any atom is 0.408 e. The molecule has 1 N–H and O–H groups in total. The number of alkyl carbamates (subject to hydrolysis) is 1. The zero-order chi connectivity index (χ0) is 20.3. The average molecular weight is 384 g/mol. The first-order valence-corrected chi connectivity index (χ1v) is 10.7. The lowest BCUT2D eigenvalue weighted by molar-refractivity contribution is -0.147. The van der Waals surface area contributed by atoms with Crippen LogP contribution in [0.4, 0.5) is 4.79 Å². The molecule has 0 aromatic rings. The van der Waals surface area contributed by atoms with Crippen molar-refractivity contribution >= 4 is 12.1 Å². The first kappa shape index (κ1) is 25.5. The summed E-state index contributed by atoms with van der Waals surface area (Å²) >= 11 is 0. The molecule has 1 unspecified atom stereocenters. The SMILES string of the molecule is C=CCOC(=O)NC(C(=O)OCCCCCCCCCCCCC)C(C)C. The van der Waals surface area contributed by atoms with E-state index in [9.17, 15) is 9.59 Å². The summed E-state index contributed by atoms with van der Waals surface area (Å²) in [5.74, 6) is -0.460. The molecule has 158 valence electrons. The smallest absolute Gasteiger partial charge is 0.408 e. The molecule has 0 spiro atoms. The van der Waals surface area contributed by atoms with Crippen molar-refractivity contribution in [1.29, 1.82) is 0 Å². The molecule has 0 aliphatic rings. The first-order valence-electron chi connectivity index (χ1n) is 10.7. The van der Waals surface area contributed by atoms with Crippen molar-refractivity contribution in [3.8, 4) is 0 Å². The molecule has 0 radical (unpaired) electrons. The van der Waals surface area contributed by atoms with Gasteiger partial charge in [-0.2, -0.15) is 0 Å². The number of amides is 1. The Morgan fingerprint density at radius 1 is 0.889 bits per heavy atom. The topological polar surface area (TPSA) is 64.6 Å². The monoisotopic (exact) mass is 383 g/mol. The number of carbonyl (C=O) groups is 2. The van der Waals surface area contributed by atoms with Crippen LogP contribution in [0.15, 0.2) is 12.7 Å². The van der Waals surface area contributed by atoms with E-state index in [0.717, 1.165) is 12.8 Å². The molecule has 0 fully saturated rings. The number of hydrogen-bond acceptors (Lipinski definition) is 4. The van der Waals surface area contributed by atoms with E-state index in [0.29, 0.717) is 6.61 Å². The second-order valence-corrected chi connectivity index (χ2v) is 7.46. The van der Waals surface area contributed by atoms with Gasteiger partial charge in [0.25, 0.3) is 0 Å². The van der Waals surface area contributed by atoms with Crippen LogP contribution in [0.1, 0.15) is 91.4 Å². The summed E-state index contributed by atoms with van der Waals surface area (Å²) in [7, 11) is 0. The van der Waals surface area contributed by atoms with Gasteiger partial charge in [0.15, 0.2) is 0 Å². The van der Waals surface area contributed by atoms with Crippen molar-refractivity contribution in [2.24, 2.45) is 5.92 Å². The third kappa shape index (κ3) is 15.3. The molecule has 0 rings (SSSR count). The molecule has 1 amide bonds. The van der Waals surface area contributed by atoms with Gasteiger partial charge in [0.1, 0.15) is 12.6 Å². The van der Waals surface area contributed by atoms with E-state index in [1.165, 1.54) is 63.9 Å². The number of carbonyl (C=O) groups excluding carboxylic acids is 2. The van der Waals surface area contributed by atoms with Crippen molar-refractivity contribution < 1.29 is 19.1 Å². The number of esters is 1. The number of rotatable bonds is 17. The minimum absolute atomic E-state index is 0.0638. The molecule has 0 aromatic heterocycles. The molecule has 0 aliphatic heterocycles. The van der Waals surface area contributed by atoms with Crippen molar-refractivity contribution in [1.82, 2.24) is 5.32 Å². The zero-order valence-corrected chi connectivity index (χ0v) is 17.8. The Kier molecular flexibility index (Phi) is 16.9. The standard InChI is InChI=1S/C22H41NO4/c1-5-7-8-9-10-11-12-13-14-15-16-18-26-21(24)20(19(3)4)23-22(25)27-17-6-2/h6,19-20H,2,5,7-18H2,1,3-4H3,(H,23,25). The average Bonchev–Trinajstić information content (AvgIpc) is 2.64. The Balaban J connectivity index is 3.72. The van der Waals surface area contributed by atoms with Gasteiger partial charge < -0.3 is 14.8 Å². The Hall–Kier alpha value is -1.52. The third-order valence-electron chi connectivity index (χ3n) is 4.52. The molecule has 0 heterocycles. The molecule has 0 aliphatic carbocycles. The van der Waals surface area contributed by atoms with Crippen molar-refractivity contribution in [2.75, 3.05) is 13.2 Å². The van der Waals surface area contributed by atoms with E-state index in [4.69, 9.17) is 9.47 Å². The first-order chi connectivity index (χ1) is 13.0. The van der Waals surface area contributed by atoms with E-state index in [1.807, 2.05) is 13.8 Å². The molecule has 5 nitrogen and oxygen atoms in total. The molecule has 0 aromatic carbocycles. The van der Waals surface area contributed by atoms with Gasteiger partial charge in [-0.1, -0.05) is 97.6 Å². The highest BCUT2D eigenvalue weighted by Gasteiger charge is 2.26. The summed E-state index contributed by atoms with van der Waals surface area (Å²) in [5.41, 5.74) is 0. The molecular formula is C22H41NO4. The minimum atomic E-state index is -0.685. The Bertz CT molecular complexity index is 396. The predicted octanol–water partition coefficient (Wildman–Crippen LogP) is 5.78. The quantitative estimate of drug-likeness (QED) is 0.196. The summed E-state index contributed by atoms with van der Waals surface area (Å²) in [6.45, 7) is 9.97. The van der Waals surface area contributed by atoms with Gasteiger partial charge in [-0.05, 0) is 12.3 Å². The summed E-state index contributed by atoms with van der Waals surface area (Å²) < 4.78 is 10.2. The van der Waals surface area contributed by atoms with Crippen molar-refractivity contribution in [3.05, 3.63) is 12.7 Å². The van der Waals surface area contributed by atoms with Crippen LogP contribution in [0.25, 0.3) is 0 Å². The van der Waals surface area contributed by atoms with Gasteiger partial charge in [-0.3, -0.25) is 0 Å². The lowest BCUT2D eigenvalue weighted by atomic mass is 10.1. The molecule has 0 bridgehead atoms. The van der Waals surface area contributed by atoms with Crippen LogP contribution in [0, 0.1) is 5.92 Å². The van der Waals surface area contributed by atoms with Crippen LogP contribution in [0.2, 0.25) is 0 Å². The largest absolute Gasteiger partial charge is 0.464 e. The molecule has 0 saturated carbocycles. The van der Waals surface area contributed by atoms with E-state index in [-0.39, 0.29) is 12.5 Å². The number of unbranched alkanes of at least 4 members (excludes halogenated alkanes) is 10. The third-order valence-corrected chi connectivity index (χ3v) is 4.52. The minimum Gasteiger partial charge on any atom is -0.464 e. The summed E-state index contributed by atoms with van der Waals surface area (Å²) in [4.78, 5) is 23.8. The predicted molar refractivity (Wildman–Crippen MR) is 111 cm³/mol. The second-order valence-electron chi connectivity index (χ2n) is 7.46. The fourth-order valence-electron chi connectivity index (χ4n) is 2.83. The fourth-order valence-corrected chi connectivity index (χ4v) is 2.83. The Labute approximate surface area is 166 Å². The molecule has 27 heavy (non-hydrogen) atoms. The maximum absolute atomic E-state index is 12.2. The summed E-state index contributed by atoms with van der Waals surface area (Å²) in [5, 5.41) is 2.56.